The van der Waals surface area contributed by atoms with Crippen LogP contribution in [0.4, 0.5) is 4.39 Å². The number of esters is 1. The van der Waals surface area contributed by atoms with Gasteiger partial charge in [-0.1, -0.05) is 0 Å². The first kappa shape index (κ1) is 18.7. The van der Waals surface area contributed by atoms with Crippen molar-refractivity contribution in [2.24, 2.45) is 0 Å². The van der Waals surface area contributed by atoms with E-state index < -0.39 is 22.1 Å². The summed E-state index contributed by atoms with van der Waals surface area (Å²) in [5.41, 5.74) is 0. The maximum Gasteiger partial charge on any atom is 0.343 e. The Kier molecular flexibility index (Phi) is 7.59. The van der Waals surface area contributed by atoms with Crippen molar-refractivity contribution in [1.82, 2.24) is 4.72 Å². The number of benzene rings is 1. The van der Waals surface area contributed by atoms with Gasteiger partial charge in [-0.2, -0.15) is 13.1 Å². The number of carbonyl (C=O) groups excluding carboxylic acids is 1. The lowest BCUT2D eigenvalue weighted by atomic mass is 10.3. The van der Waals surface area contributed by atoms with Gasteiger partial charge in [0.25, 0.3) is 0 Å². The van der Waals surface area contributed by atoms with Crippen molar-refractivity contribution in [2.75, 3.05) is 33.1 Å². The Morgan fingerprint density at radius 1 is 1.36 bits per heavy atom. The van der Waals surface area contributed by atoms with Crippen molar-refractivity contribution in [1.29, 1.82) is 0 Å². The summed E-state index contributed by atoms with van der Waals surface area (Å²) < 4.78 is 51.5. The molecule has 1 aromatic carbocycles. The van der Waals surface area contributed by atoms with E-state index in [1.54, 1.807) is 6.07 Å². The molecule has 0 saturated heterocycles. The number of hydrogen-bond acceptors (Lipinski definition) is 7. The number of halogens is 1. The fraction of sp³-hybridized carbons (Fsp3) is 0.417. The number of nitrogens with one attached hydrogen (secondary N) is 1. The summed E-state index contributed by atoms with van der Waals surface area (Å²) in [4.78, 5) is 11.5. The molecule has 0 radical (unpaired) electrons. The van der Waals surface area contributed by atoms with Gasteiger partial charge in [0.1, 0.15) is 0 Å². The minimum absolute atomic E-state index is 0.0603. The first-order valence-corrected chi connectivity index (χ1v) is 8.44. The van der Waals surface area contributed by atoms with Gasteiger partial charge in [-0.05, 0) is 18.2 Å². The molecule has 10 heteroatoms. The summed E-state index contributed by atoms with van der Waals surface area (Å²) >= 11 is 1.25. The zero-order chi connectivity index (χ0) is 16.6. The minimum Gasteiger partial charge on any atom is -0.479 e. The molecule has 1 N–H and O–H groups in total. The largest absolute Gasteiger partial charge is 0.479 e. The highest BCUT2D eigenvalue weighted by molar-refractivity contribution is 7.99. The molecule has 7 nitrogen and oxygen atoms in total. The summed E-state index contributed by atoms with van der Waals surface area (Å²) in [6.07, 6.45) is 0. The molecule has 22 heavy (non-hydrogen) atoms. The van der Waals surface area contributed by atoms with E-state index in [2.05, 4.69) is 13.6 Å². The first-order valence-electron chi connectivity index (χ1n) is 6.05. The topological polar surface area (TPSA) is 90.9 Å². The van der Waals surface area contributed by atoms with Crippen LogP contribution in [-0.4, -0.2) is 47.5 Å². The molecule has 0 aliphatic carbocycles. The third kappa shape index (κ3) is 6.60. The summed E-state index contributed by atoms with van der Waals surface area (Å²) in [5, 5.41) is 0. The highest BCUT2D eigenvalue weighted by Crippen LogP contribution is 2.24. The van der Waals surface area contributed by atoms with Gasteiger partial charge < -0.3 is 9.47 Å². The summed E-state index contributed by atoms with van der Waals surface area (Å²) in [6, 6.07) is 4.23. The molecule has 0 atom stereocenters. The van der Waals surface area contributed by atoms with Crippen molar-refractivity contribution < 1.29 is 31.3 Å². The SMILES string of the molecule is COC(=O)COc1ccc(SCCNS(=O)(=O)OC)cc1F. The zero-order valence-electron chi connectivity index (χ0n) is 12.0. The Morgan fingerprint density at radius 3 is 2.68 bits per heavy atom. The highest BCUT2D eigenvalue weighted by atomic mass is 32.2. The Labute approximate surface area is 132 Å². The van der Waals surface area contributed by atoms with Gasteiger partial charge in [0.2, 0.25) is 0 Å². The average Bonchev–Trinajstić information content (AvgIpc) is 2.50. The molecule has 0 aromatic heterocycles. The van der Waals surface area contributed by atoms with Crippen LogP contribution < -0.4 is 9.46 Å². The number of thioether (sulfide) groups is 1. The summed E-state index contributed by atoms with van der Waals surface area (Å²) in [5.74, 6) is -0.894. The Morgan fingerprint density at radius 2 is 2.09 bits per heavy atom. The molecule has 0 spiro atoms. The van der Waals surface area contributed by atoms with Crippen LogP contribution in [0.25, 0.3) is 0 Å². The van der Waals surface area contributed by atoms with Crippen molar-refractivity contribution in [3.05, 3.63) is 24.0 Å². The standard InChI is InChI=1S/C12H16FNO6S2/c1-18-12(15)8-20-11-4-3-9(7-10(11)13)21-6-5-14-22(16,17)19-2/h3-4,7,14H,5-6,8H2,1-2H3. The van der Waals surface area contributed by atoms with E-state index in [1.165, 1.54) is 31.0 Å². The van der Waals surface area contributed by atoms with E-state index in [0.29, 0.717) is 10.6 Å². The van der Waals surface area contributed by atoms with Crippen LogP contribution >= 0.6 is 11.8 Å². The van der Waals surface area contributed by atoms with Crippen LogP contribution in [0.3, 0.4) is 0 Å². The van der Waals surface area contributed by atoms with E-state index in [0.717, 1.165) is 7.11 Å². The predicted octanol–water partition coefficient (Wildman–Crippen LogP) is 0.950. The van der Waals surface area contributed by atoms with Gasteiger partial charge >= 0.3 is 16.3 Å². The van der Waals surface area contributed by atoms with Gasteiger partial charge in [-0.15, -0.1) is 11.8 Å². The predicted molar refractivity (Wildman–Crippen MR) is 78.6 cm³/mol. The van der Waals surface area contributed by atoms with Gasteiger partial charge in [0, 0.05) is 17.2 Å². The van der Waals surface area contributed by atoms with Gasteiger partial charge in [-0.25, -0.2) is 9.18 Å². The number of hydrogen-bond donors (Lipinski definition) is 1. The lowest BCUT2D eigenvalue weighted by Crippen LogP contribution is -2.26. The van der Waals surface area contributed by atoms with Gasteiger partial charge in [0.15, 0.2) is 18.2 Å². The van der Waals surface area contributed by atoms with Crippen molar-refractivity contribution in [2.45, 2.75) is 4.90 Å². The van der Waals surface area contributed by atoms with E-state index >= 15 is 0 Å². The second-order valence-electron chi connectivity index (χ2n) is 3.82. The minimum atomic E-state index is -3.71. The second-order valence-corrected chi connectivity index (χ2v) is 6.52. The molecule has 1 aromatic rings. The van der Waals surface area contributed by atoms with Crippen molar-refractivity contribution >= 4 is 28.0 Å². The normalized spacial score (nSPS) is 11.2. The molecule has 0 bridgehead atoms. The molecule has 0 aliphatic rings. The fourth-order valence-corrected chi connectivity index (χ4v) is 2.67. The van der Waals surface area contributed by atoms with Crippen LogP contribution in [0.2, 0.25) is 0 Å². The number of ether oxygens (including phenoxy) is 2. The quantitative estimate of drug-likeness (QED) is 0.401. The van der Waals surface area contributed by atoms with Crippen LogP contribution in [0.15, 0.2) is 23.1 Å². The molecule has 0 aliphatic heterocycles. The molecule has 0 amide bonds. The van der Waals surface area contributed by atoms with Crippen molar-refractivity contribution in [3.63, 3.8) is 0 Å². The molecule has 0 fully saturated rings. The van der Waals surface area contributed by atoms with E-state index in [4.69, 9.17) is 4.74 Å². The maximum atomic E-state index is 13.7. The number of methoxy groups -OCH3 is 1. The maximum absolute atomic E-state index is 13.7. The lowest BCUT2D eigenvalue weighted by Gasteiger charge is -2.08. The molecular weight excluding hydrogens is 337 g/mol. The molecular formula is C12H16FNO6S2. The number of carbonyl (C=O) groups is 1. The molecule has 124 valence electrons. The first-order chi connectivity index (χ1) is 10.4. The fourth-order valence-electron chi connectivity index (χ4n) is 1.28. The van der Waals surface area contributed by atoms with Crippen LogP contribution in [0.5, 0.6) is 5.75 Å². The van der Waals surface area contributed by atoms with Crippen LogP contribution in [0.1, 0.15) is 0 Å². The smallest absolute Gasteiger partial charge is 0.343 e. The Balaban J connectivity index is 2.46. The third-order valence-corrected chi connectivity index (χ3v) is 4.34. The average molecular weight is 353 g/mol. The number of rotatable bonds is 9. The molecule has 0 heterocycles. The Bertz CT molecular complexity index is 608. The van der Waals surface area contributed by atoms with E-state index in [1.807, 2.05) is 0 Å². The summed E-state index contributed by atoms with van der Waals surface area (Å²) in [6.45, 7) is -0.234. The second kappa shape index (κ2) is 8.93. The van der Waals surface area contributed by atoms with Gasteiger partial charge in [0.05, 0.1) is 14.2 Å². The van der Waals surface area contributed by atoms with Crippen molar-refractivity contribution in [3.8, 4) is 5.75 Å². The Hall–Kier alpha value is -1.36. The highest BCUT2D eigenvalue weighted by Gasteiger charge is 2.09. The molecule has 0 saturated carbocycles. The monoisotopic (exact) mass is 353 g/mol. The third-order valence-electron chi connectivity index (χ3n) is 2.35. The van der Waals surface area contributed by atoms with Gasteiger partial charge in [-0.3, -0.25) is 4.18 Å². The van der Waals surface area contributed by atoms with E-state index in [9.17, 15) is 17.6 Å². The lowest BCUT2D eigenvalue weighted by molar-refractivity contribution is -0.142. The van der Waals surface area contributed by atoms with Crippen LogP contribution in [0, 0.1) is 5.82 Å². The van der Waals surface area contributed by atoms with Crippen LogP contribution in [-0.2, 0) is 24.0 Å². The molecule has 1 rings (SSSR count). The molecule has 0 unspecified atom stereocenters. The van der Waals surface area contributed by atoms with E-state index in [-0.39, 0.29) is 18.9 Å². The zero-order valence-corrected chi connectivity index (χ0v) is 13.6. The summed E-state index contributed by atoms with van der Waals surface area (Å²) in [7, 11) is -1.45.